The van der Waals surface area contributed by atoms with Crippen LogP contribution >= 0.6 is 0 Å². The summed E-state index contributed by atoms with van der Waals surface area (Å²) in [5, 5.41) is 21.6. The molecule has 0 fully saturated rings. The first-order valence-electron chi connectivity index (χ1n) is 8.88. The van der Waals surface area contributed by atoms with Crippen molar-refractivity contribution < 1.29 is 14.6 Å². The van der Waals surface area contributed by atoms with Crippen LogP contribution in [0.5, 0.6) is 0 Å². The molecular formula is C18H15B2N7O3. The number of nitrogens with one attached hydrogen (secondary N) is 1. The third-order valence-electron chi connectivity index (χ3n) is 4.06. The third-order valence-corrected chi connectivity index (χ3v) is 4.06. The summed E-state index contributed by atoms with van der Waals surface area (Å²) in [4.78, 5) is 39.2. The fraction of sp³-hybridized carbons (Fsp3) is 0.167. The average Bonchev–Trinajstić information content (AvgIpc) is 3.08. The molecule has 1 amide bonds. The van der Waals surface area contributed by atoms with Crippen LogP contribution in [0.1, 0.15) is 12.0 Å². The molecule has 0 atom stereocenters. The number of aryl methyl sites for hydroxylation is 1. The van der Waals surface area contributed by atoms with Crippen LogP contribution in [-0.4, -0.2) is 50.4 Å². The molecule has 2 N–H and O–H groups in total. The zero-order valence-corrected chi connectivity index (χ0v) is 16.2. The first-order valence-corrected chi connectivity index (χ1v) is 8.88. The van der Waals surface area contributed by atoms with E-state index in [1.54, 1.807) is 17.4 Å². The number of anilines is 1. The maximum absolute atomic E-state index is 11.8. The number of imidazole rings is 1. The van der Waals surface area contributed by atoms with Crippen molar-refractivity contribution in [2.75, 3.05) is 5.32 Å². The maximum atomic E-state index is 11.8. The van der Waals surface area contributed by atoms with Gasteiger partial charge in [-0.25, -0.2) is 0 Å². The Morgan fingerprint density at radius 3 is 2.97 bits per heavy atom. The van der Waals surface area contributed by atoms with E-state index in [4.69, 9.17) is 5.26 Å². The number of hydrogen-bond acceptors (Lipinski definition) is 8. The molecule has 10 nitrogen and oxygen atoms in total. The van der Waals surface area contributed by atoms with Crippen LogP contribution in [0.4, 0.5) is 5.82 Å². The van der Waals surface area contributed by atoms with E-state index in [1.165, 1.54) is 19.2 Å². The van der Waals surface area contributed by atoms with Crippen molar-refractivity contribution in [2.24, 2.45) is 4.90 Å². The Bertz CT molecular complexity index is 1240. The quantitative estimate of drug-likeness (QED) is 0.453. The van der Waals surface area contributed by atoms with E-state index in [0.717, 1.165) is 11.8 Å². The molecule has 30 heavy (non-hydrogen) atoms. The average molecular weight is 399 g/mol. The molecule has 1 aromatic carbocycles. The molecule has 146 valence electrons. The number of carbonyl (C=O) groups excluding carboxylic acids is 2. The van der Waals surface area contributed by atoms with Crippen LogP contribution in [0.2, 0.25) is 6.82 Å². The number of amides is 1. The molecule has 0 bridgehead atoms. The van der Waals surface area contributed by atoms with E-state index in [0.29, 0.717) is 16.9 Å². The van der Waals surface area contributed by atoms with Crippen LogP contribution in [0.15, 0.2) is 35.5 Å². The Hall–Kier alpha value is -3.93. The number of aromatic nitrogens is 4. The molecule has 0 radical (unpaired) electrons. The zero-order valence-electron chi connectivity index (χ0n) is 16.2. The van der Waals surface area contributed by atoms with Gasteiger partial charge in [-0.05, 0) is 0 Å². The summed E-state index contributed by atoms with van der Waals surface area (Å²) in [6.45, 7) is 3.51. The molecule has 0 saturated heterocycles. The second-order valence-electron chi connectivity index (χ2n) is 6.33. The fourth-order valence-electron chi connectivity index (χ4n) is 2.86. The van der Waals surface area contributed by atoms with E-state index in [1.807, 2.05) is 25.1 Å². The van der Waals surface area contributed by atoms with E-state index >= 15 is 0 Å². The van der Waals surface area contributed by atoms with Gasteiger partial charge < -0.3 is 0 Å². The Kier molecular flexibility index (Phi) is 6.27. The molecule has 0 saturated carbocycles. The van der Waals surface area contributed by atoms with Gasteiger partial charge >= 0.3 is 172 Å². The molecule has 3 aromatic rings. The van der Waals surface area contributed by atoms with Gasteiger partial charge in [0.25, 0.3) is 0 Å². The topological polar surface area (TPSA) is 146 Å². The number of nitriles is 1. The minimum atomic E-state index is -0.940. The van der Waals surface area contributed by atoms with Crippen molar-refractivity contribution in [3.05, 3.63) is 36.2 Å². The van der Waals surface area contributed by atoms with Crippen molar-refractivity contribution in [3.63, 3.8) is 0 Å². The van der Waals surface area contributed by atoms with E-state index < -0.39 is 13.0 Å². The summed E-state index contributed by atoms with van der Waals surface area (Å²) in [5.41, 5.74) is 2.79. The number of carbonyl (C=O) groups is 1. The number of hydrogen-bond donors (Lipinski definition) is 2. The molecular weight excluding hydrogens is 384 g/mol. The van der Waals surface area contributed by atoms with Crippen molar-refractivity contribution in [2.45, 2.75) is 20.2 Å². The number of benzene rings is 1. The molecule has 0 aliphatic carbocycles. The van der Waals surface area contributed by atoms with Gasteiger partial charge in [0.2, 0.25) is 0 Å². The van der Waals surface area contributed by atoms with Gasteiger partial charge in [-0.1, -0.05) is 0 Å². The number of nitrogens with zero attached hydrogens (tertiary/aromatic N) is 6. The number of fused-ring (bicyclic) bond motifs is 1. The van der Waals surface area contributed by atoms with E-state index in [2.05, 4.69) is 25.2 Å². The van der Waals surface area contributed by atoms with E-state index in [-0.39, 0.29) is 23.5 Å². The molecule has 0 spiro atoms. The molecule has 0 aliphatic rings. The second-order valence-corrected chi connectivity index (χ2v) is 6.33. The molecule has 2 aromatic heterocycles. The summed E-state index contributed by atoms with van der Waals surface area (Å²) >= 11 is 0. The Morgan fingerprint density at radius 2 is 2.27 bits per heavy atom. The van der Waals surface area contributed by atoms with Gasteiger partial charge in [0, 0.05) is 0 Å². The second kappa shape index (κ2) is 9.05. The third kappa shape index (κ3) is 4.38. The summed E-state index contributed by atoms with van der Waals surface area (Å²) in [6.07, 6.45) is 1.88. The van der Waals surface area contributed by atoms with Gasteiger partial charge in [0.1, 0.15) is 0 Å². The predicted octanol–water partition coefficient (Wildman–Crippen LogP) is 0.471. The van der Waals surface area contributed by atoms with Gasteiger partial charge in [-0.15, -0.1) is 0 Å². The van der Waals surface area contributed by atoms with Crippen LogP contribution in [0.3, 0.4) is 0 Å². The van der Waals surface area contributed by atoms with Crippen LogP contribution in [-0.2, 0) is 9.59 Å². The molecule has 0 unspecified atom stereocenters. The van der Waals surface area contributed by atoms with Gasteiger partial charge in [0.05, 0.1) is 0 Å². The Labute approximate surface area is 172 Å². The first-order chi connectivity index (χ1) is 14.4. The standard InChI is InChI=1S/C18H15B2N7O3/c1-11-3-4-12-13(9-11)27(20(2)30)18(24-12)16-17(19-23-7-8-28)22-10-14(26-16)25-15(29)5-6-21/h3-4,7,9-10,30H,5H2,1-2H3,(H,25,26,29). The minimum absolute atomic E-state index is 0.105. The Balaban J connectivity index is 2.23. The summed E-state index contributed by atoms with van der Waals surface area (Å²) < 4.78 is 1.58. The number of rotatable bonds is 6. The summed E-state index contributed by atoms with van der Waals surface area (Å²) in [5.74, 6) is 1.40. The van der Waals surface area contributed by atoms with Crippen LogP contribution in [0.25, 0.3) is 22.6 Å². The van der Waals surface area contributed by atoms with Crippen molar-refractivity contribution in [3.8, 4) is 17.6 Å². The summed E-state index contributed by atoms with van der Waals surface area (Å²) in [6, 6.07) is 7.35. The fourth-order valence-corrected chi connectivity index (χ4v) is 2.86. The van der Waals surface area contributed by atoms with Gasteiger partial charge in [-0.3, -0.25) is 0 Å². The molecule has 12 heteroatoms. The molecule has 2 heterocycles. The van der Waals surface area contributed by atoms with Crippen molar-refractivity contribution in [1.29, 1.82) is 5.26 Å². The predicted molar refractivity (Wildman–Crippen MR) is 112 cm³/mol. The normalized spacial score (nSPS) is 10.3. The monoisotopic (exact) mass is 399 g/mol. The Morgan fingerprint density at radius 1 is 1.47 bits per heavy atom. The van der Waals surface area contributed by atoms with Crippen LogP contribution < -0.4 is 10.9 Å². The SMILES string of the molecule is CB(O)n1c(-c2nc(NC(=O)CC#N)cnc2B=NC=C=O)nc2ccc(C)cc21. The van der Waals surface area contributed by atoms with Crippen molar-refractivity contribution in [1.82, 2.24) is 19.4 Å². The van der Waals surface area contributed by atoms with Gasteiger partial charge in [-0.2, -0.15) is 0 Å². The van der Waals surface area contributed by atoms with Crippen LogP contribution in [0, 0.1) is 18.3 Å². The first kappa shape index (κ1) is 20.8. The molecule has 3 rings (SSSR count). The molecule has 0 aliphatic heterocycles. The summed E-state index contributed by atoms with van der Waals surface area (Å²) in [7, 11) is 0.357. The van der Waals surface area contributed by atoms with Gasteiger partial charge in [0.15, 0.2) is 0 Å². The van der Waals surface area contributed by atoms with E-state index in [9.17, 15) is 14.6 Å². The van der Waals surface area contributed by atoms with Crippen molar-refractivity contribution >= 4 is 48.4 Å². The zero-order chi connectivity index (χ0) is 21.7.